The van der Waals surface area contributed by atoms with Crippen LogP contribution in [-0.4, -0.2) is 0 Å². The number of nitrogens with two attached hydrogens (primary N) is 1. The molecule has 13 heavy (non-hydrogen) atoms. The van der Waals surface area contributed by atoms with Crippen LogP contribution in [0.3, 0.4) is 0 Å². The Bertz CT molecular complexity index is 408. The van der Waals surface area contributed by atoms with Gasteiger partial charge in [0.1, 0.15) is 0 Å². The van der Waals surface area contributed by atoms with Crippen molar-refractivity contribution >= 4 is 11.3 Å². The Balaban J connectivity index is 2.51. The number of fused-ring (bicyclic) bond motifs is 1. The molecule has 0 radical (unpaired) electrons. The molecule has 0 bridgehead atoms. The highest BCUT2D eigenvalue weighted by Gasteiger charge is 2.14. The minimum Gasteiger partial charge on any atom is -0.399 e. The van der Waals surface area contributed by atoms with E-state index in [-0.39, 0.29) is 0 Å². The third kappa shape index (κ3) is 1.31. The predicted octanol–water partition coefficient (Wildman–Crippen LogP) is 2.23. The molecule has 64 valence electrons. The summed E-state index contributed by atoms with van der Waals surface area (Å²) in [5.74, 6) is 2.57. The average molecular weight is 169 g/mol. The molecule has 2 rings (SSSR count). The molecular weight excluding hydrogens is 158 g/mol. The molecule has 1 aliphatic carbocycles. The Morgan fingerprint density at radius 2 is 2.23 bits per heavy atom. The van der Waals surface area contributed by atoms with Crippen LogP contribution in [-0.2, 0) is 6.42 Å². The summed E-state index contributed by atoms with van der Waals surface area (Å²) in [4.78, 5) is 0. The van der Waals surface area contributed by atoms with Gasteiger partial charge in [0.05, 0.1) is 0 Å². The van der Waals surface area contributed by atoms with Gasteiger partial charge in [0.15, 0.2) is 0 Å². The van der Waals surface area contributed by atoms with Crippen LogP contribution in [0.4, 0.5) is 5.69 Å². The zero-order valence-electron chi connectivity index (χ0n) is 7.38. The van der Waals surface area contributed by atoms with Crippen molar-refractivity contribution < 1.29 is 0 Å². The van der Waals surface area contributed by atoms with Crippen molar-refractivity contribution in [3.8, 4) is 12.3 Å². The molecule has 0 fully saturated rings. The summed E-state index contributed by atoms with van der Waals surface area (Å²) in [6.07, 6.45) is 9.20. The normalized spacial score (nSPS) is 17.0. The number of aryl methyl sites for hydroxylation is 1. The van der Waals surface area contributed by atoms with Gasteiger partial charge in [-0.05, 0) is 47.8 Å². The minimum absolute atomic E-state index is 0.834. The maximum Gasteiger partial charge on any atom is 0.0317 e. The summed E-state index contributed by atoms with van der Waals surface area (Å²) in [6.45, 7) is 0. The van der Waals surface area contributed by atoms with Gasteiger partial charge in [-0.25, -0.2) is 0 Å². The van der Waals surface area contributed by atoms with Crippen LogP contribution in [0.1, 0.15) is 17.5 Å². The smallest absolute Gasteiger partial charge is 0.0317 e. The van der Waals surface area contributed by atoms with Crippen molar-refractivity contribution in [1.29, 1.82) is 0 Å². The molecule has 0 atom stereocenters. The van der Waals surface area contributed by atoms with Gasteiger partial charge in [-0.1, -0.05) is 12.0 Å². The highest BCUT2D eigenvalue weighted by molar-refractivity contribution is 5.75. The number of allylic oxidation sites excluding steroid dienone is 2. The van der Waals surface area contributed by atoms with Crippen LogP contribution >= 0.6 is 0 Å². The first-order valence-corrected chi connectivity index (χ1v) is 4.35. The van der Waals surface area contributed by atoms with Crippen LogP contribution in [0.5, 0.6) is 0 Å². The van der Waals surface area contributed by atoms with Crippen molar-refractivity contribution in [3.05, 3.63) is 35.4 Å². The predicted molar refractivity (Wildman–Crippen MR) is 56.0 cm³/mol. The number of hydrogen-bond donors (Lipinski definition) is 1. The number of hydrogen-bond acceptors (Lipinski definition) is 1. The first kappa shape index (κ1) is 7.94. The van der Waals surface area contributed by atoms with Gasteiger partial charge in [-0.15, -0.1) is 6.42 Å². The number of rotatable bonds is 0. The second-order valence-corrected chi connectivity index (χ2v) is 3.25. The molecule has 0 aliphatic heterocycles. The van der Waals surface area contributed by atoms with Crippen molar-refractivity contribution in [2.75, 3.05) is 5.73 Å². The summed E-state index contributed by atoms with van der Waals surface area (Å²) in [6, 6.07) is 6.02. The van der Waals surface area contributed by atoms with Crippen LogP contribution in [0.2, 0.25) is 0 Å². The molecule has 0 unspecified atom stereocenters. The zero-order valence-corrected chi connectivity index (χ0v) is 7.38. The number of anilines is 1. The lowest BCUT2D eigenvalue weighted by Crippen LogP contribution is -1.87. The van der Waals surface area contributed by atoms with Gasteiger partial charge in [-0.3, -0.25) is 0 Å². The van der Waals surface area contributed by atoms with Gasteiger partial charge < -0.3 is 5.73 Å². The van der Waals surface area contributed by atoms with Crippen LogP contribution in [0.15, 0.2) is 24.3 Å². The van der Waals surface area contributed by atoms with E-state index >= 15 is 0 Å². The molecule has 0 heterocycles. The van der Waals surface area contributed by atoms with Crippen molar-refractivity contribution in [2.24, 2.45) is 0 Å². The number of nitrogen functional groups attached to an aromatic ring is 1. The van der Waals surface area contributed by atoms with Gasteiger partial charge in [0, 0.05) is 5.69 Å². The highest BCUT2D eigenvalue weighted by Crippen LogP contribution is 2.32. The maximum absolute atomic E-state index is 5.69. The molecular formula is C12H11N. The summed E-state index contributed by atoms with van der Waals surface area (Å²) >= 11 is 0. The number of benzene rings is 1. The molecule has 0 amide bonds. The molecule has 1 aliphatic rings. The fourth-order valence-electron chi connectivity index (χ4n) is 1.79. The maximum atomic E-state index is 5.69. The van der Waals surface area contributed by atoms with E-state index in [1.807, 2.05) is 18.2 Å². The van der Waals surface area contributed by atoms with E-state index in [0.717, 1.165) is 18.5 Å². The second-order valence-electron chi connectivity index (χ2n) is 3.25. The zero-order chi connectivity index (χ0) is 9.26. The van der Waals surface area contributed by atoms with E-state index in [4.69, 9.17) is 12.2 Å². The summed E-state index contributed by atoms with van der Waals surface area (Å²) in [5.41, 5.74) is 10.4. The molecule has 0 saturated heterocycles. The Morgan fingerprint density at radius 1 is 1.38 bits per heavy atom. The van der Waals surface area contributed by atoms with Gasteiger partial charge in [0.2, 0.25) is 0 Å². The first-order chi connectivity index (χ1) is 6.31. The lowest BCUT2D eigenvalue weighted by Gasteiger charge is -2.00. The van der Waals surface area contributed by atoms with Crippen LogP contribution < -0.4 is 5.73 Å². The van der Waals surface area contributed by atoms with E-state index in [9.17, 15) is 0 Å². The van der Waals surface area contributed by atoms with Gasteiger partial charge >= 0.3 is 0 Å². The molecule has 1 aromatic rings. The van der Waals surface area contributed by atoms with Gasteiger partial charge in [0.25, 0.3) is 0 Å². The van der Waals surface area contributed by atoms with E-state index in [1.54, 1.807) is 0 Å². The summed E-state index contributed by atoms with van der Waals surface area (Å²) in [7, 11) is 0. The summed E-state index contributed by atoms with van der Waals surface area (Å²) < 4.78 is 0. The summed E-state index contributed by atoms with van der Waals surface area (Å²) in [5, 5.41) is 0. The second kappa shape index (κ2) is 2.99. The number of terminal acetylenes is 1. The Labute approximate surface area is 78.3 Å². The fraction of sp³-hybridized carbons (Fsp3) is 0.167. The third-order valence-corrected chi connectivity index (χ3v) is 2.40. The first-order valence-electron chi connectivity index (χ1n) is 4.35. The Hall–Kier alpha value is -1.68. The molecule has 2 N–H and O–H groups in total. The Kier molecular flexibility index (Phi) is 1.83. The van der Waals surface area contributed by atoms with Crippen molar-refractivity contribution in [1.82, 2.24) is 0 Å². The third-order valence-electron chi connectivity index (χ3n) is 2.40. The average Bonchev–Trinajstić information content (AvgIpc) is 2.49. The van der Waals surface area contributed by atoms with E-state index in [2.05, 4.69) is 12.0 Å². The van der Waals surface area contributed by atoms with Crippen molar-refractivity contribution in [2.45, 2.75) is 12.8 Å². The Morgan fingerprint density at radius 3 is 3.00 bits per heavy atom. The molecule has 1 nitrogen and oxygen atoms in total. The molecule has 0 spiro atoms. The monoisotopic (exact) mass is 169 g/mol. The van der Waals surface area contributed by atoms with Gasteiger partial charge in [-0.2, -0.15) is 0 Å². The molecule has 1 aromatic carbocycles. The van der Waals surface area contributed by atoms with Crippen LogP contribution in [0.25, 0.3) is 5.57 Å². The topological polar surface area (TPSA) is 26.0 Å². The lowest BCUT2D eigenvalue weighted by atomic mass is 10.1. The molecule has 1 heteroatoms. The lowest BCUT2D eigenvalue weighted by molar-refractivity contribution is 1.08. The van der Waals surface area contributed by atoms with E-state index < -0.39 is 0 Å². The van der Waals surface area contributed by atoms with Crippen LogP contribution in [0, 0.1) is 12.3 Å². The fourth-order valence-corrected chi connectivity index (χ4v) is 1.79. The van der Waals surface area contributed by atoms with E-state index in [0.29, 0.717) is 0 Å². The SMILES string of the molecule is C#C/C=C1\CCc2cc(N)ccc21. The molecule has 0 aromatic heterocycles. The van der Waals surface area contributed by atoms with E-state index in [1.165, 1.54) is 16.7 Å². The standard InChI is InChI=1S/C12H11N/c1-2-3-9-4-5-10-8-11(13)6-7-12(9)10/h1,3,6-8H,4-5,13H2/b9-3+. The molecule has 0 saturated carbocycles. The quantitative estimate of drug-likeness (QED) is 0.467. The highest BCUT2D eigenvalue weighted by atomic mass is 14.5. The van der Waals surface area contributed by atoms with Crippen molar-refractivity contribution in [3.63, 3.8) is 0 Å². The minimum atomic E-state index is 0.834. The largest absolute Gasteiger partial charge is 0.399 e.